The summed E-state index contributed by atoms with van der Waals surface area (Å²) in [6.07, 6.45) is -4.14. The number of nitrogens with one attached hydrogen (secondary N) is 2. The zero-order valence-corrected chi connectivity index (χ0v) is 27.2. The number of hydrogen-bond acceptors (Lipinski definition) is 7. The van der Waals surface area contributed by atoms with E-state index in [1.807, 2.05) is 4.72 Å². The van der Waals surface area contributed by atoms with Gasteiger partial charge in [-0.3, -0.25) is 9.52 Å². The molecule has 4 aromatic rings. The maximum atomic E-state index is 14.6. The summed E-state index contributed by atoms with van der Waals surface area (Å²) >= 11 is 0. The van der Waals surface area contributed by atoms with Gasteiger partial charge in [0.2, 0.25) is 15.9 Å². The van der Waals surface area contributed by atoms with Crippen LogP contribution in [-0.4, -0.2) is 41.1 Å². The fourth-order valence-electron chi connectivity index (χ4n) is 4.46. The lowest BCUT2D eigenvalue weighted by Gasteiger charge is -2.27. The zero-order valence-electron chi connectivity index (χ0n) is 25.5. The van der Waals surface area contributed by atoms with E-state index in [2.05, 4.69) is 10.3 Å². The number of amides is 1. The average molecular weight is 713 g/mol. The van der Waals surface area contributed by atoms with Crippen molar-refractivity contribution in [1.29, 1.82) is 0 Å². The molecule has 17 heteroatoms. The maximum Gasteiger partial charge on any atom is 0.433 e. The largest absolute Gasteiger partial charge is 0.497 e. The van der Waals surface area contributed by atoms with Gasteiger partial charge in [0.15, 0.2) is 0 Å². The second kappa shape index (κ2) is 14.1. The molecule has 3 aromatic carbocycles. The van der Waals surface area contributed by atoms with Gasteiger partial charge in [0.1, 0.15) is 28.9 Å². The number of nitrogens with zero attached hydrogens (tertiary/aromatic N) is 2. The first-order valence-electron chi connectivity index (χ1n) is 13.9. The topological polar surface area (TPSA) is 135 Å². The number of rotatable bonds is 12. The predicted molar refractivity (Wildman–Crippen MR) is 167 cm³/mol. The molecule has 0 bridgehead atoms. The lowest BCUT2D eigenvalue weighted by molar-refractivity contribution is -0.141. The maximum absolute atomic E-state index is 14.6. The number of anilines is 2. The van der Waals surface area contributed by atoms with Crippen LogP contribution >= 0.6 is 0 Å². The summed E-state index contributed by atoms with van der Waals surface area (Å²) in [4.78, 5) is 16.4. The molecule has 4 rings (SSSR count). The molecule has 48 heavy (non-hydrogen) atoms. The summed E-state index contributed by atoms with van der Waals surface area (Å²) in [6.45, 7) is 0.398. The highest BCUT2D eigenvalue weighted by atomic mass is 32.2. The summed E-state index contributed by atoms with van der Waals surface area (Å²) < 4.78 is 128. The van der Waals surface area contributed by atoms with E-state index in [-0.39, 0.29) is 16.8 Å². The number of halogens is 5. The minimum atomic E-state index is -4.97. The van der Waals surface area contributed by atoms with Crippen LogP contribution in [0.2, 0.25) is 0 Å². The quantitative estimate of drug-likeness (QED) is 0.183. The molecule has 0 aliphatic rings. The Morgan fingerprint density at radius 1 is 0.938 bits per heavy atom. The van der Waals surface area contributed by atoms with E-state index in [9.17, 15) is 43.6 Å². The SMILES string of the molecule is COc1ccc(CN(c2nc(C(F)(F)F)ccc2CNC(=O)C(C)c2ccc(NS(C)(=O)=O)c(F)c2)S(=O)(=O)c2ccc(F)cc2)cc1. The molecular formula is C31H29F5N4O6S2. The average Bonchev–Trinajstić information content (AvgIpc) is 3.02. The first kappa shape index (κ1) is 36.1. The van der Waals surface area contributed by atoms with Crippen molar-refractivity contribution >= 4 is 37.5 Å². The minimum absolute atomic E-state index is 0.123. The molecule has 256 valence electrons. The Bertz CT molecular complexity index is 2010. The fraction of sp³-hybridized carbons (Fsp3) is 0.226. The smallest absolute Gasteiger partial charge is 0.433 e. The molecule has 0 aliphatic carbocycles. The second-order valence-corrected chi connectivity index (χ2v) is 14.2. The molecule has 1 aromatic heterocycles. The van der Waals surface area contributed by atoms with Gasteiger partial charge in [0.25, 0.3) is 10.0 Å². The van der Waals surface area contributed by atoms with Crippen molar-refractivity contribution in [3.63, 3.8) is 0 Å². The van der Waals surface area contributed by atoms with Crippen LogP contribution in [0.15, 0.2) is 83.8 Å². The second-order valence-electron chi connectivity index (χ2n) is 10.5. The third-order valence-electron chi connectivity index (χ3n) is 7.00. The van der Waals surface area contributed by atoms with Crippen LogP contribution in [0.25, 0.3) is 0 Å². The Hall–Kier alpha value is -4.77. The van der Waals surface area contributed by atoms with Crippen LogP contribution < -0.4 is 19.1 Å². The highest BCUT2D eigenvalue weighted by molar-refractivity contribution is 7.92. The minimum Gasteiger partial charge on any atom is -0.497 e. The van der Waals surface area contributed by atoms with Crippen molar-refractivity contribution in [3.05, 3.63) is 113 Å². The number of hydrogen-bond donors (Lipinski definition) is 2. The summed E-state index contributed by atoms with van der Waals surface area (Å²) in [5, 5.41) is 2.52. The van der Waals surface area contributed by atoms with E-state index < -0.39 is 79.2 Å². The molecular weight excluding hydrogens is 683 g/mol. The summed E-state index contributed by atoms with van der Waals surface area (Å²) in [6, 6.07) is 14.7. The van der Waals surface area contributed by atoms with Gasteiger partial charge in [-0.05, 0) is 72.6 Å². The Labute approximate surface area is 273 Å². The number of pyridine rings is 1. The van der Waals surface area contributed by atoms with Crippen LogP contribution in [0, 0.1) is 11.6 Å². The Kier molecular flexibility index (Phi) is 10.6. The standard InChI is InChI=1S/C31H29F5N4O6S2/c1-19(21-6-14-27(26(33)16-21)39-47(3,42)43)30(41)37-17-22-7-15-28(31(34,35)36)38-29(22)40(18-20-4-10-24(46-2)11-5-20)48(44,45)25-12-8-23(32)9-13-25/h4-16,19,39H,17-18H2,1-3H3,(H,37,41). The molecule has 1 atom stereocenters. The van der Waals surface area contributed by atoms with Gasteiger partial charge in [-0.1, -0.05) is 24.3 Å². The first-order chi connectivity index (χ1) is 22.4. The van der Waals surface area contributed by atoms with E-state index in [1.165, 1.54) is 44.4 Å². The normalized spacial score (nSPS) is 12.7. The molecule has 0 spiro atoms. The van der Waals surface area contributed by atoms with E-state index in [0.29, 0.717) is 21.7 Å². The van der Waals surface area contributed by atoms with Crippen LogP contribution in [0.4, 0.5) is 33.5 Å². The number of alkyl halides is 3. The molecule has 1 amide bonds. The summed E-state index contributed by atoms with van der Waals surface area (Å²) in [5.41, 5.74) is -1.39. The van der Waals surface area contributed by atoms with Gasteiger partial charge >= 0.3 is 6.18 Å². The van der Waals surface area contributed by atoms with Gasteiger partial charge in [-0.2, -0.15) is 13.2 Å². The monoisotopic (exact) mass is 712 g/mol. The molecule has 0 aliphatic heterocycles. The number of methoxy groups -OCH3 is 1. The van der Waals surface area contributed by atoms with Crippen molar-refractivity contribution in [1.82, 2.24) is 10.3 Å². The highest BCUT2D eigenvalue weighted by Crippen LogP contribution is 2.34. The predicted octanol–water partition coefficient (Wildman–Crippen LogP) is 5.57. The molecule has 10 nitrogen and oxygen atoms in total. The Balaban J connectivity index is 1.73. The molecule has 0 saturated carbocycles. The van der Waals surface area contributed by atoms with Crippen LogP contribution in [0.3, 0.4) is 0 Å². The van der Waals surface area contributed by atoms with E-state index >= 15 is 0 Å². The lowest BCUT2D eigenvalue weighted by atomic mass is 9.99. The fourth-order valence-corrected chi connectivity index (χ4v) is 6.47. The van der Waals surface area contributed by atoms with Crippen molar-refractivity contribution in [3.8, 4) is 5.75 Å². The van der Waals surface area contributed by atoms with Gasteiger partial charge < -0.3 is 10.1 Å². The van der Waals surface area contributed by atoms with Gasteiger partial charge in [-0.15, -0.1) is 0 Å². The number of aromatic nitrogens is 1. The van der Waals surface area contributed by atoms with Crippen molar-refractivity contribution in [2.75, 3.05) is 22.4 Å². The van der Waals surface area contributed by atoms with Crippen molar-refractivity contribution < 1.29 is 48.3 Å². The number of carbonyl (C=O) groups is 1. The van der Waals surface area contributed by atoms with E-state index in [4.69, 9.17) is 4.74 Å². The lowest BCUT2D eigenvalue weighted by Crippen LogP contribution is -2.34. The number of sulfonamides is 2. The molecule has 0 radical (unpaired) electrons. The van der Waals surface area contributed by atoms with Crippen LogP contribution in [-0.2, 0) is 44.1 Å². The zero-order chi connectivity index (χ0) is 35.4. The van der Waals surface area contributed by atoms with Crippen LogP contribution in [0.1, 0.15) is 35.2 Å². The Morgan fingerprint density at radius 2 is 1.58 bits per heavy atom. The summed E-state index contributed by atoms with van der Waals surface area (Å²) in [7, 11) is -7.05. The molecule has 1 unspecified atom stereocenters. The number of ether oxygens (including phenoxy) is 1. The van der Waals surface area contributed by atoms with Crippen molar-refractivity contribution in [2.24, 2.45) is 0 Å². The third kappa shape index (κ3) is 8.77. The Morgan fingerprint density at radius 3 is 2.15 bits per heavy atom. The van der Waals surface area contributed by atoms with Crippen molar-refractivity contribution in [2.45, 2.75) is 37.0 Å². The summed E-state index contributed by atoms with van der Waals surface area (Å²) in [5.74, 6) is -3.66. The highest BCUT2D eigenvalue weighted by Gasteiger charge is 2.36. The number of carbonyl (C=O) groups excluding carboxylic acids is 1. The number of benzene rings is 3. The molecule has 0 fully saturated rings. The molecule has 0 saturated heterocycles. The van der Waals surface area contributed by atoms with Crippen LogP contribution in [0.5, 0.6) is 5.75 Å². The van der Waals surface area contributed by atoms with E-state index in [0.717, 1.165) is 48.7 Å². The van der Waals surface area contributed by atoms with E-state index in [1.54, 1.807) is 0 Å². The van der Waals surface area contributed by atoms with Gasteiger partial charge in [-0.25, -0.2) is 34.9 Å². The van der Waals surface area contributed by atoms with Gasteiger partial charge in [0.05, 0.1) is 36.4 Å². The molecule has 1 heterocycles. The molecule has 2 N–H and O–H groups in total. The van der Waals surface area contributed by atoms with Gasteiger partial charge in [0, 0.05) is 12.1 Å². The first-order valence-corrected chi connectivity index (χ1v) is 17.3. The third-order valence-corrected chi connectivity index (χ3v) is 9.35.